The summed E-state index contributed by atoms with van der Waals surface area (Å²) in [5.41, 5.74) is 1.87. The molecule has 0 bridgehead atoms. The molecule has 2 N–H and O–H groups in total. The van der Waals surface area contributed by atoms with Crippen LogP contribution in [0.4, 0.5) is 5.69 Å². The Labute approximate surface area is 142 Å². The molecule has 0 spiro atoms. The molecule has 0 fully saturated rings. The number of benzene rings is 2. The maximum Gasteiger partial charge on any atom is 0.238 e. The van der Waals surface area contributed by atoms with Crippen molar-refractivity contribution in [3.05, 3.63) is 60.2 Å². The Morgan fingerprint density at radius 3 is 2.67 bits per heavy atom. The van der Waals surface area contributed by atoms with Crippen molar-refractivity contribution in [2.24, 2.45) is 0 Å². The van der Waals surface area contributed by atoms with Crippen LogP contribution in [0.25, 0.3) is 0 Å². The first kappa shape index (κ1) is 18.0. The third-order valence-corrected chi connectivity index (χ3v) is 3.43. The summed E-state index contributed by atoms with van der Waals surface area (Å²) in [6.07, 6.45) is -0.667. The molecule has 0 aliphatic heterocycles. The number of nitrogens with zero attached hydrogens (tertiary/aromatic N) is 1. The number of ether oxygens (including phenoxy) is 1. The van der Waals surface area contributed by atoms with E-state index in [9.17, 15) is 9.90 Å². The minimum Gasteiger partial charge on any atom is -0.491 e. The number of carbonyl (C=O) groups is 1. The molecule has 2 aromatic rings. The number of aryl methyl sites for hydroxylation is 1. The average Bonchev–Trinajstić information content (AvgIpc) is 2.53. The Balaban J connectivity index is 1.71. The fourth-order valence-corrected chi connectivity index (χ4v) is 2.34. The molecule has 5 heteroatoms. The van der Waals surface area contributed by atoms with Gasteiger partial charge in [-0.3, -0.25) is 9.69 Å². The fourth-order valence-electron chi connectivity index (χ4n) is 2.34. The number of carbonyl (C=O) groups excluding carboxylic acids is 1. The van der Waals surface area contributed by atoms with E-state index in [2.05, 4.69) is 5.32 Å². The van der Waals surface area contributed by atoms with Gasteiger partial charge in [-0.05, 0) is 43.8 Å². The number of aliphatic hydroxyl groups is 1. The molecule has 0 saturated carbocycles. The molecule has 2 rings (SSSR count). The molecular formula is C19H24N2O3. The largest absolute Gasteiger partial charge is 0.491 e. The lowest BCUT2D eigenvalue weighted by Crippen LogP contribution is -2.37. The van der Waals surface area contributed by atoms with Crippen LogP contribution < -0.4 is 10.1 Å². The first-order chi connectivity index (χ1) is 11.5. The van der Waals surface area contributed by atoms with Gasteiger partial charge in [-0.25, -0.2) is 0 Å². The van der Waals surface area contributed by atoms with Crippen molar-refractivity contribution >= 4 is 11.6 Å². The van der Waals surface area contributed by atoms with Crippen LogP contribution in [-0.4, -0.2) is 48.8 Å². The van der Waals surface area contributed by atoms with Crippen molar-refractivity contribution in [3.63, 3.8) is 0 Å². The molecule has 2 aromatic carbocycles. The predicted molar refractivity (Wildman–Crippen MR) is 95.2 cm³/mol. The van der Waals surface area contributed by atoms with Crippen molar-refractivity contribution in [3.8, 4) is 5.75 Å². The number of hydrogen-bond acceptors (Lipinski definition) is 4. The van der Waals surface area contributed by atoms with Crippen LogP contribution in [0.1, 0.15) is 5.56 Å². The smallest absolute Gasteiger partial charge is 0.238 e. The van der Waals surface area contributed by atoms with Crippen molar-refractivity contribution in [1.82, 2.24) is 4.90 Å². The van der Waals surface area contributed by atoms with Gasteiger partial charge in [0.1, 0.15) is 18.5 Å². The van der Waals surface area contributed by atoms with Crippen LogP contribution >= 0.6 is 0 Å². The Morgan fingerprint density at radius 1 is 1.21 bits per heavy atom. The van der Waals surface area contributed by atoms with Crippen LogP contribution in [0, 0.1) is 6.92 Å². The highest BCUT2D eigenvalue weighted by Gasteiger charge is 2.12. The molecule has 5 nitrogen and oxygen atoms in total. The monoisotopic (exact) mass is 328 g/mol. The lowest BCUT2D eigenvalue weighted by atomic mass is 10.2. The zero-order valence-corrected chi connectivity index (χ0v) is 14.1. The van der Waals surface area contributed by atoms with Crippen molar-refractivity contribution in [2.45, 2.75) is 13.0 Å². The Kier molecular flexibility index (Phi) is 6.78. The number of likely N-dealkylation sites (N-methyl/N-ethyl adjacent to an activating group) is 1. The maximum atomic E-state index is 12.0. The van der Waals surface area contributed by atoms with Crippen molar-refractivity contribution < 1.29 is 14.6 Å². The molecule has 0 saturated heterocycles. The number of amides is 1. The summed E-state index contributed by atoms with van der Waals surface area (Å²) in [4.78, 5) is 13.7. The van der Waals surface area contributed by atoms with Gasteiger partial charge in [-0.15, -0.1) is 0 Å². The molecule has 24 heavy (non-hydrogen) atoms. The Bertz CT molecular complexity index is 646. The van der Waals surface area contributed by atoms with Gasteiger partial charge >= 0.3 is 0 Å². The molecule has 0 aromatic heterocycles. The molecule has 0 radical (unpaired) electrons. The lowest BCUT2D eigenvalue weighted by Gasteiger charge is -2.20. The van der Waals surface area contributed by atoms with E-state index >= 15 is 0 Å². The molecule has 128 valence electrons. The third-order valence-electron chi connectivity index (χ3n) is 3.43. The van der Waals surface area contributed by atoms with E-state index < -0.39 is 6.10 Å². The van der Waals surface area contributed by atoms with Crippen molar-refractivity contribution in [1.29, 1.82) is 0 Å². The normalized spacial score (nSPS) is 12.0. The maximum absolute atomic E-state index is 12.0. The molecular weight excluding hydrogens is 304 g/mol. The van der Waals surface area contributed by atoms with Gasteiger partial charge in [0.2, 0.25) is 5.91 Å². The van der Waals surface area contributed by atoms with E-state index in [1.165, 1.54) is 0 Å². The third kappa shape index (κ3) is 6.40. The fraction of sp³-hybridized carbons (Fsp3) is 0.316. The summed E-state index contributed by atoms with van der Waals surface area (Å²) in [6.45, 7) is 2.74. The molecule has 1 unspecified atom stereocenters. The van der Waals surface area contributed by atoms with Crippen LogP contribution in [-0.2, 0) is 4.79 Å². The number of anilines is 1. The summed E-state index contributed by atoms with van der Waals surface area (Å²) in [7, 11) is 1.79. The van der Waals surface area contributed by atoms with E-state index in [0.717, 1.165) is 17.0 Å². The van der Waals surface area contributed by atoms with Gasteiger partial charge < -0.3 is 15.2 Å². The molecule has 0 aliphatic rings. The minimum atomic E-state index is -0.667. The first-order valence-electron chi connectivity index (χ1n) is 7.94. The van der Waals surface area contributed by atoms with E-state index in [-0.39, 0.29) is 19.1 Å². The second-order valence-corrected chi connectivity index (χ2v) is 5.89. The SMILES string of the molecule is Cc1cccc(OCC(O)CN(C)CC(=O)Nc2ccccc2)c1. The summed E-state index contributed by atoms with van der Waals surface area (Å²) in [6, 6.07) is 17.0. The Hall–Kier alpha value is -2.37. The zero-order valence-electron chi connectivity index (χ0n) is 14.1. The highest BCUT2D eigenvalue weighted by molar-refractivity contribution is 5.92. The van der Waals surface area contributed by atoms with Gasteiger partial charge in [-0.2, -0.15) is 0 Å². The van der Waals surface area contributed by atoms with Crippen molar-refractivity contribution in [2.75, 3.05) is 32.1 Å². The Morgan fingerprint density at radius 2 is 1.96 bits per heavy atom. The topological polar surface area (TPSA) is 61.8 Å². The summed E-state index contributed by atoms with van der Waals surface area (Å²) in [5.74, 6) is 0.619. The predicted octanol–water partition coefficient (Wildman–Crippen LogP) is 2.31. The minimum absolute atomic E-state index is 0.115. The van der Waals surface area contributed by atoms with Gasteiger partial charge in [0.15, 0.2) is 0 Å². The van der Waals surface area contributed by atoms with Gasteiger partial charge in [0.25, 0.3) is 0 Å². The second-order valence-electron chi connectivity index (χ2n) is 5.89. The van der Waals surface area contributed by atoms with Gasteiger partial charge in [-0.1, -0.05) is 30.3 Å². The summed E-state index contributed by atoms with van der Waals surface area (Å²) in [5, 5.41) is 12.9. The van der Waals surface area contributed by atoms with E-state index in [4.69, 9.17) is 4.74 Å². The molecule has 1 amide bonds. The summed E-state index contributed by atoms with van der Waals surface area (Å²) >= 11 is 0. The van der Waals surface area contributed by atoms with Crippen LogP contribution in [0.2, 0.25) is 0 Å². The summed E-state index contributed by atoms with van der Waals surface area (Å²) < 4.78 is 5.57. The van der Waals surface area contributed by atoms with Gasteiger partial charge in [0.05, 0.1) is 6.54 Å². The lowest BCUT2D eigenvalue weighted by molar-refractivity contribution is -0.117. The average molecular weight is 328 g/mol. The quantitative estimate of drug-likeness (QED) is 0.781. The highest BCUT2D eigenvalue weighted by atomic mass is 16.5. The number of rotatable bonds is 8. The standard InChI is InChI=1S/C19H24N2O3/c1-15-7-6-10-18(11-15)24-14-17(22)12-21(2)13-19(23)20-16-8-4-3-5-9-16/h3-11,17,22H,12-14H2,1-2H3,(H,20,23). The van der Waals surface area contributed by atoms with E-state index in [1.54, 1.807) is 11.9 Å². The number of nitrogens with one attached hydrogen (secondary N) is 1. The number of para-hydroxylation sites is 1. The van der Waals surface area contributed by atoms with Crippen LogP contribution in [0.15, 0.2) is 54.6 Å². The number of hydrogen-bond donors (Lipinski definition) is 2. The second kappa shape index (κ2) is 9.05. The van der Waals surface area contributed by atoms with Crippen LogP contribution in [0.3, 0.4) is 0 Å². The zero-order chi connectivity index (χ0) is 17.4. The van der Waals surface area contributed by atoms with E-state index in [0.29, 0.717) is 6.54 Å². The molecule has 0 aliphatic carbocycles. The first-order valence-corrected chi connectivity index (χ1v) is 7.94. The molecule has 1 atom stereocenters. The van der Waals surface area contributed by atoms with E-state index in [1.807, 2.05) is 61.5 Å². The number of aliphatic hydroxyl groups excluding tert-OH is 1. The highest BCUT2D eigenvalue weighted by Crippen LogP contribution is 2.12. The van der Waals surface area contributed by atoms with Gasteiger partial charge in [0, 0.05) is 12.2 Å². The van der Waals surface area contributed by atoms with Crippen LogP contribution in [0.5, 0.6) is 5.75 Å². The molecule has 0 heterocycles.